The predicted octanol–water partition coefficient (Wildman–Crippen LogP) is 0.268. The van der Waals surface area contributed by atoms with Gasteiger partial charge in [0.2, 0.25) is 0 Å². The minimum absolute atomic E-state index is 0.646. The molecule has 0 N–H and O–H groups in total. The Hall–Kier alpha value is 0.177. The molecule has 0 heterocycles. The van der Waals surface area contributed by atoms with Crippen LogP contribution in [0, 0.1) is 0 Å². The molecular formula is C6H14OSi. The maximum atomic E-state index is 5.46. The molecule has 48 valence electrons. The van der Waals surface area contributed by atoms with Gasteiger partial charge in [0.15, 0.2) is 0 Å². The van der Waals surface area contributed by atoms with Gasteiger partial charge in [-0.2, -0.15) is 0 Å². The maximum absolute atomic E-state index is 5.46. The van der Waals surface area contributed by atoms with E-state index in [4.69, 9.17) is 4.74 Å². The number of ether oxygens (including phenoxy) is 1. The highest BCUT2D eigenvalue weighted by molar-refractivity contribution is 6.08. The molecule has 1 rings (SSSR count). The molecule has 1 nitrogen and oxygen atoms in total. The van der Waals surface area contributed by atoms with E-state index in [1.807, 2.05) is 0 Å². The summed E-state index contributed by atoms with van der Waals surface area (Å²) in [7, 11) is 1.20. The quantitative estimate of drug-likeness (QED) is 0.488. The molecule has 0 amide bonds. The Kier molecular flexibility index (Phi) is 2.56. The highest BCUT2D eigenvalue weighted by Crippen LogP contribution is 2.20. The van der Waals surface area contributed by atoms with Crippen LogP contribution in [0.2, 0.25) is 0 Å². The molecule has 0 radical (unpaired) electrons. The fraction of sp³-hybridized carbons (Fsp3) is 1.00. The molecule has 0 atom stereocenters. The largest absolute Gasteiger partial charge is 0.383 e. The highest BCUT2D eigenvalue weighted by Gasteiger charge is 2.13. The minimum Gasteiger partial charge on any atom is -0.383 e. The smallest absolute Gasteiger partial charge is 0.0570 e. The van der Waals surface area contributed by atoms with Crippen molar-refractivity contribution >= 4 is 10.2 Å². The lowest BCUT2D eigenvalue weighted by Gasteiger charge is -2.06. The van der Waals surface area contributed by atoms with Gasteiger partial charge in [-0.05, 0) is 12.8 Å². The molecule has 1 fully saturated rings. The van der Waals surface area contributed by atoms with Crippen molar-refractivity contribution < 1.29 is 4.74 Å². The second kappa shape index (κ2) is 3.25. The summed E-state index contributed by atoms with van der Waals surface area (Å²) in [5.74, 6) is 0. The van der Waals surface area contributed by atoms with Crippen molar-refractivity contribution in [3.05, 3.63) is 0 Å². The predicted molar refractivity (Wildman–Crippen MR) is 38.1 cm³/mol. The van der Waals surface area contributed by atoms with Gasteiger partial charge in [-0.25, -0.2) is 0 Å². The molecule has 0 aromatic carbocycles. The van der Waals surface area contributed by atoms with Crippen LogP contribution < -0.4 is 0 Å². The molecule has 0 unspecified atom stereocenters. The zero-order valence-corrected chi connectivity index (χ0v) is 7.52. The van der Waals surface area contributed by atoms with Crippen molar-refractivity contribution in [3.63, 3.8) is 0 Å². The van der Waals surface area contributed by atoms with Crippen LogP contribution in [0.15, 0.2) is 0 Å². The molecule has 0 aliphatic heterocycles. The Morgan fingerprint density at radius 1 is 1.38 bits per heavy atom. The second-order valence-electron chi connectivity index (χ2n) is 2.36. The Morgan fingerprint density at radius 3 is 2.50 bits per heavy atom. The summed E-state index contributed by atoms with van der Waals surface area (Å²) in [6, 6.07) is 0. The lowest BCUT2D eigenvalue weighted by molar-refractivity contribution is 0.0930. The Bertz CT molecular complexity index is 59.5. The molecular weight excluding hydrogens is 116 g/mol. The van der Waals surface area contributed by atoms with Gasteiger partial charge < -0.3 is 4.74 Å². The fourth-order valence-corrected chi connectivity index (χ4v) is 1.76. The Balaban J connectivity index is 2.06. The van der Waals surface area contributed by atoms with Gasteiger partial charge in [0.25, 0.3) is 0 Å². The van der Waals surface area contributed by atoms with Crippen molar-refractivity contribution in [2.45, 2.75) is 31.8 Å². The lowest BCUT2D eigenvalue weighted by Crippen LogP contribution is -2.07. The van der Waals surface area contributed by atoms with Crippen LogP contribution in [0.1, 0.15) is 25.7 Å². The third-order valence-corrected chi connectivity index (χ3v) is 2.04. The lowest BCUT2D eigenvalue weighted by atomic mass is 10.3. The first-order chi connectivity index (χ1) is 3.93. The summed E-state index contributed by atoms with van der Waals surface area (Å²) in [5, 5.41) is 0. The molecule has 1 aliphatic carbocycles. The summed E-state index contributed by atoms with van der Waals surface area (Å²) >= 11 is 0. The summed E-state index contributed by atoms with van der Waals surface area (Å²) in [5.41, 5.74) is 0. The average molecular weight is 130 g/mol. The number of rotatable bonds is 2. The summed E-state index contributed by atoms with van der Waals surface area (Å²) < 4.78 is 5.46. The van der Waals surface area contributed by atoms with Gasteiger partial charge in [-0.1, -0.05) is 12.8 Å². The van der Waals surface area contributed by atoms with Crippen molar-refractivity contribution in [1.29, 1.82) is 0 Å². The standard InChI is InChI=1S/C6H14OSi/c8-5-7-6-3-1-2-4-6/h6H,1-5H2,8H3. The first-order valence-electron chi connectivity index (χ1n) is 3.55. The van der Waals surface area contributed by atoms with Crippen LogP contribution >= 0.6 is 0 Å². The van der Waals surface area contributed by atoms with Crippen molar-refractivity contribution in [3.8, 4) is 0 Å². The molecule has 0 aromatic rings. The number of hydrogen-bond donors (Lipinski definition) is 0. The van der Waals surface area contributed by atoms with E-state index in [9.17, 15) is 0 Å². The van der Waals surface area contributed by atoms with E-state index in [1.54, 1.807) is 0 Å². The Labute approximate surface area is 53.8 Å². The van der Waals surface area contributed by atoms with Gasteiger partial charge in [0.1, 0.15) is 0 Å². The van der Waals surface area contributed by atoms with Crippen LogP contribution in [-0.4, -0.2) is 22.6 Å². The van der Waals surface area contributed by atoms with Crippen molar-refractivity contribution in [2.75, 3.05) is 6.23 Å². The van der Waals surface area contributed by atoms with Gasteiger partial charge in [0, 0.05) is 16.5 Å². The first-order valence-corrected chi connectivity index (χ1v) is 4.96. The topological polar surface area (TPSA) is 9.23 Å². The van der Waals surface area contributed by atoms with E-state index >= 15 is 0 Å². The molecule has 0 saturated heterocycles. The third-order valence-electron chi connectivity index (χ3n) is 1.70. The van der Waals surface area contributed by atoms with Crippen LogP contribution in [-0.2, 0) is 4.74 Å². The maximum Gasteiger partial charge on any atom is 0.0570 e. The van der Waals surface area contributed by atoms with E-state index in [0.29, 0.717) is 6.10 Å². The molecule has 0 bridgehead atoms. The second-order valence-corrected chi connectivity index (χ2v) is 2.94. The minimum atomic E-state index is 0.646. The van der Waals surface area contributed by atoms with Gasteiger partial charge in [-0.3, -0.25) is 0 Å². The molecule has 0 spiro atoms. The summed E-state index contributed by atoms with van der Waals surface area (Å²) in [6.07, 6.45) is 7.11. The molecule has 8 heavy (non-hydrogen) atoms. The molecule has 1 aliphatic rings. The van der Waals surface area contributed by atoms with Gasteiger partial charge in [0.05, 0.1) is 6.10 Å². The van der Waals surface area contributed by atoms with Crippen LogP contribution in [0.3, 0.4) is 0 Å². The normalized spacial score (nSPS) is 22.5. The Morgan fingerprint density at radius 2 is 2.00 bits per heavy atom. The average Bonchev–Trinajstić information content (AvgIpc) is 2.19. The van der Waals surface area contributed by atoms with Crippen LogP contribution in [0.5, 0.6) is 0 Å². The van der Waals surface area contributed by atoms with Crippen LogP contribution in [0.4, 0.5) is 0 Å². The van der Waals surface area contributed by atoms with Crippen LogP contribution in [0.25, 0.3) is 0 Å². The third kappa shape index (κ3) is 1.60. The fourth-order valence-electron chi connectivity index (χ4n) is 1.29. The zero-order valence-electron chi connectivity index (χ0n) is 5.52. The highest BCUT2D eigenvalue weighted by atomic mass is 28.1. The van der Waals surface area contributed by atoms with Crippen molar-refractivity contribution in [2.24, 2.45) is 0 Å². The zero-order chi connectivity index (χ0) is 5.82. The SMILES string of the molecule is [SiH3]COC1CCCC1. The van der Waals surface area contributed by atoms with Gasteiger partial charge >= 0.3 is 0 Å². The van der Waals surface area contributed by atoms with E-state index in [2.05, 4.69) is 0 Å². The van der Waals surface area contributed by atoms with E-state index in [0.717, 1.165) is 6.23 Å². The van der Waals surface area contributed by atoms with E-state index in [-0.39, 0.29) is 0 Å². The van der Waals surface area contributed by atoms with E-state index < -0.39 is 0 Å². The first kappa shape index (κ1) is 6.30. The van der Waals surface area contributed by atoms with Crippen molar-refractivity contribution in [1.82, 2.24) is 0 Å². The monoisotopic (exact) mass is 130 g/mol. The number of hydrogen-bond acceptors (Lipinski definition) is 1. The molecule has 0 aromatic heterocycles. The molecule has 2 heteroatoms. The van der Waals surface area contributed by atoms with E-state index in [1.165, 1.54) is 35.9 Å². The van der Waals surface area contributed by atoms with Gasteiger partial charge in [-0.15, -0.1) is 0 Å². The summed E-state index contributed by atoms with van der Waals surface area (Å²) in [6.45, 7) is 0. The molecule has 1 saturated carbocycles. The summed E-state index contributed by atoms with van der Waals surface area (Å²) in [4.78, 5) is 0.